The molecule has 4 heteroatoms. The van der Waals surface area contributed by atoms with Crippen molar-refractivity contribution < 1.29 is 4.74 Å². The lowest BCUT2D eigenvalue weighted by atomic mass is 10.3. The minimum atomic E-state index is 0.352. The summed E-state index contributed by atoms with van der Waals surface area (Å²) in [5.74, 6) is 0. The van der Waals surface area contributed by atoms with Crippen molar-refractivity contribution in [1.82, 2.24) is 5.32 Å². The van der Waals surface area contributed by atoms with E-state index in [1.54, 1.807) is 0 Å². The van der Waals surface area contributed by atoms with Crippen LogP contribution in [0.5, 0.6) is 0 Å². The van der Waals surface area contributed by atoms with Gasteiger partial charge in [-0.3, -0.25) is 0 Å². The zero-order valence-electron chi connectivity index (χ0n) is 7.21. The largest absolute Gasteiger partial charge is 0.376 e. The van der Waals surface area contributed by atoms with Crippen molar-refractivity contribution in [2.24, 2.45) is 5.73 Å². The van der Waals surface area contributed by atoms with Crippen LogP contribution in [0.15, 0.2) is 0 Å². The molecule has 70 valence electrons. The average Bonchev–Trinajstić information content (AvgIpc) is 2.49. The van der Waals surface area contributed by atoms with Crippen molar-refractivity contribution in [2.75, 3.05) is 13.2 Å². The second-order valence-corrected chi connectivity index (χ2v) is 3.51. The van der Waals surface area contributed by atoms with E-state index in [4.69, 9.17) is 10.5 Å². The minimum absolute atomic E-state index is 0.352. The molecule has 0 aromatic heterocycles. The molecular weight excluding hydrogens is 172 g/mol. The van der Waals surface area contributed by atoms with Gasteiger partial charge in [0.2, 0.25) is 0 Å². The molecule has 0 amide bonds. The first kappa shape index (κ1) is 9.74. The predicted molar refractivity (Wildman–Crippen MR) is 53.0 cm³/mol. The van der Waals surface area contributed by atoms with Crippen molar-refractivity contribution in [3.8, 4) is 0 Å². The van der Waals surface area contributed by atoms with E-state index < -0.39 is 0 Å². The molecule has 0 aromatic rings. The Morgan fingerprint density at radius 1 is 1.50 bits per heavy atom. The normalized spacial score (nSPS) is 18.0. The van der Waals surface area contributed by atoms with Gasteiger partial charge in [-0.2, -0.15) is 0 Å². The number of thiocarbonyl (C=S) groups is 1. The van der Waals surface area contributed by atoms with Crippen LogP contribution >= 0.6 is 12.2 Å². The first-order valence-electron chi connectivity index (χ1n) is 4.44. The van der Waals surface area contributed by atoms with Crippen LogP contribution in [0.3, 0.4) is 0 Å². The molecular formula is C8H16N2OS. The highest BCUT2D eigenvalue weighted by Gasteiger charge is 2.14. The van der Waals surface area contributed by atoms with Gasteiger partial charge in [0.25, 0.3) is 0 Å². The van der Waals surface area contributed by atoms with Crippen LogP contribution < -0.4 is 11.1 Å². The van der Waals surface area contributed by atoms with Crippen LogP contribution in [0.1, 0.15) is 25.7 Å². The summed E-state index contributed by atoms with van der Waals surface area (Å²) in [6.45, 7) is 1.44. The molecule has 0 bridgehead atoms. The lowest BCUT2D eigenvalue weighted by Gasteiger charge is -2.10. The highest BCUT2D eigenvalue weighted by Crippen LogP contribution is 2.20. The summed E-state index contributed by atoms with van der Waals surface area (Å²) in [5.41, 5.74) is 5.25. The fourth-order valence-corrected chi connectivity index (χ4v) is 1.56. The number of rotatable bonds is 4. The summed E-state index contributed by atoms with van der Waals surface area (Å²) < 4.78 is 5.58. The Labute approximate surface area is 78.7 Å². The van der Waals surface area contributed by atoms with Crippen LogP contribution in [-0.4, -0.2) is 24.4 Å². The summed E-state index contributed by atoms with van der Waals surface area (Å²) in [4.78, 5) is 0. The molecule has 1 rings (SSSR count). The maximum atomic E-state index is 5.58. The molecule has 1 fully saturated rings. The highest BCUT2D eigenvalue weighted by atomic mass is 32.1. The van der Waals surface area contributed by atoms with Gasteiger partial charge in [-0.1, -0.05) is 12.8 Å². The standard InChI is InChI=1S/C8H16N2OS/c9-8(12)10-5-6-11-7-3-1-2-4-7/h7H,1-6H2,(H3,9,10,12). The molecule has 1 saturated carbocycles. The van der Waals surface area contributed by atoms with Gasteiger partial charge in [-0.05, 0) is 25.1 Å². The third-order valence-electron chi connectivity index (χ3n) is 2.06. The van der Waals surface area contributed by atoms with Crippen molar-refractivity contribution in [3.63, 3.8) is 0 Å². The van der Waals surface area contributed by atoms with Crippen molar-refractivity contribution in [3.05, 3.63) is 0 Å². The minimum Gasteiger partial charge on any atom is -0.376 e. The first-order chi connectivity index (χ1) is 5.79. The summed E-state index contributed by atoms with van der Waals surface area (Å²) in [6, 6.07) is 0. The number of hydrogen-bond donors (Lipinski definition) is 2. The quantitative estimate of drug-likeness (QED) is 0.505. The van der Waals surface area contributed by atoms with Crippen LogP contribution in [-0.2, 0) is 4.74 Å². The van der Waals surface area contributed by atoms with Crippen LogP contribution in [0.25, 0.3) is 0 Å². The SMILES string of the molecule is NC(=S)NCCOC1CCCC1. The van der Waals surface area contributed by atoms with E-state index >= 15 is 0 Å². The molecule has 1 aliphatic rings. The summed E-state index contributed by atoms with van der Waals surface area (Å²) in [5, 5.41) is 3.21. The maximum Gasteiger partial charge on any atom is 0.163 e. The van der Waals surface area contributed by atoms with Gasteiger partial charge in [0, 0.05) is 6.54 Å². The third-order valence-corrected chi connectivity index (χ3v) is 2.20. The lowest BCUT2D eigenvalue weighted by molar-refractivity contribution is 0.0623. The monoisotopic (exact) mass is 188 g/mol. The van der Waals surface area contributed by atoms with E-state index in [2.05, 4.69) is 17.5 Å². The van der Waals surface area contributed by atoms with Crippen molar-refractivity contribution in [2.45, 2.75) is 31.8 Å². The molecule has 0 aliphatic heterocycles. The molecule has 3 nitrogen and oxygen atoms in total. The molecule has 0 radical (unpaired) electrons. The topological polar surface area (TPSA) is 47.3 Å². The van der Waals surface area contributed by atoms with E-state index in [0.717, 1.165) is 6.54 Å². The van der Waals surface area contributed by atoms with E-state index in [9.17, 15) is 0 Å². The van der Waals surface area contributed by atoms with Gasteiger partial charge < -0.3 is 15.8 Å². The van der Waals surface area contributed by atoms with E-state index in [1.807, 2.05) is 0 Å². The van der Waals surface area contributed by atoms with Crippen LogP contribution in [0.2, 0.25) is 0 Å². The van der Waals surface area contributed by atoms with Crippen molar-refractivity contribution in [1.29, 1.82) is 0 Å². The van der Waals surface area contributed by atoms with Crippen LogP contribution in [0.4, 0.5) is 0 Å². The number of nitrogens with two attached hydrogens (primary N) is 1. The van der Waals surface area contributed by atoms with Gasteiger partial charge in [0.15, 0.2) is 5.11 Å². The Hall–Kier alpha value is -0.350. The number of nitrogens with one attached hydrogen (secondary N) is 1. The first-order valence-corrected chi connectivity index (χ1v) is 4.85. The Morgan fingerprint density at radius 2 is 2.17 bits per heavy atom. The zero-order valence-corrected chi connectivity index (χ0v) is 8.03. The molecule has 0 heterocycles. The van der Waals surface area contributed by atoms with Gasteiger partial charge in [0.05, 0.1) is 12.7 Å². The molecule has 1 aliphatic carbocycles. The zero-order chi connectivity index (χ0) is 8.81. The molecule has 0 atom stereocenters. The summed E-state index contributed by atoms with van der Waals surface area (Å²) >= 11 is 4.65. The number of hydrogen-bond acceptors (Lipinski definition) is 2. The second-order valence-electron chi connectivity index (χ2n) is 3.07. The van der Waals surface area contributed by atoms with E-state index in [1.165, 1.54) is 25.7 Å². The average molecular weight is 188 g/mol. The van der Waals surface area contributed by atoms with Gasteiger partial charge in [0.1, 0.15) is 0 Å². The Kier molecular flexibility index (Phi) is 4.32. The lowest BCUT2D eigenvalue weighted by Crippen LogP contribution is -2.32. The fraction of sp³-hybridized carbons (Fsp3) is 0.875. The third kappa shape index (κ3) is 3.88. The van der Waals surface area contributed by atoms with Gasteiger partial charge in [-0.15, -0.1) is 0 Å². The van der Waals surface area contributed by atoms with Gasteiger partial charge >= 0.3 is 0 Å². The fourth-order valence-electron chi connectivity index (χ4n) is 1.45. The molecule has 3 N–H and O–H groups in total. The Morgan fingerprint density at radius 3 is 2.75 bits per heavy atom. The molecule has 0 spiro atoms. The molecule has 12 heavy (non-hydrogen) atoms. The smallest absolute Gasteiger partial charge is 0.163 e. The maximum absolute atomic E-state index is 5.58. The van der Waals surface area contributed by atoms with E-state index in [-0.39, 0.29) is 0 Å². The predicted octanol–water partition coefficient (Wildman–Crippen LogP) is 0.779. The van der Waals surface area contributed by atoms with Gasteiger partial charge in [-0.25, -0.2) is 0 Å². The molecule has 0 aromatic carbocycles. The summed E-state index contributed by atoms with van der Waals surface area (Å²) in [6.07, 6.45) is 5.54. The van der Waals surface area contributed by atoms with Crippen molar-refractivity contribution >= 4 is 17.3 Å². The molecule has 0 saturated heterocycles. The molecule has 0 unspecified atom stereocenters. The number of ether oxygens (including phenoxy) is 1. The van der Waals surface area contributed by atoms with Crippen LogP contribution in [0, 0.1) is 0 Å². The Bertz CT molecular complexity index is 146. The van der Waals surface area contributed by atoms with E-state index in [0.29, 0.717) is 17.8 Å². The highest BCUT2D eigenvalue weighted by molar-refractivity contribution is 7.80. The Balaban J connectivity index is 1.91. The second kappa shape index (κ2) is 5.32. The summed E-state index contributed by atoms with van der Waals surface area (Å²) in [7, 11) is 0.